The normalized spacial score (nSPS) is 14.3. The second kappa shape index (κ2) is 12.7. The van der Waals surface area contributed by atoms with Crippen molar-refractivity contribution in [2.45, 2.75) is 18.9 Å². The van der Waals surface area contributed by atoms with Gasteiger partial charge in [0.15, 0.2) is 0 Å². The van der Waals surface area contributed by atoms with Gasteiger partial charge in [0.05, 0.1) is 12.7 Å². The predicted octanol–water partition coefficient (Wildman–Crippen LogP) is 2.14. The standard InChI is InChI=1S/C13H18N2O2.2C2HF3O2/c1-17-13(16)12-4-2-3-11(9-12)10-15-7-5-14-6-8-15;2*3-2(4,5)1(6)7/h2-4,9,14H,5-8,10H2,1H3;2*(H,6,7). The number of rotatable bonds is 3. The molecule has 0 bridgehead atoms. The third kappa shape index (κ3) is 12.4. The summed E-state index contributed by atoms with van der Waals surface area (Å²) in [6, 6.07) is 7.65. The summed E-state index contributed by atoms with van der Waals surface area (Å²) in [6.45, 7) is 5.09. The first-order chi connectivity index (χ1) is 14.2. The average molecular weight is 462 g/mol. The zero-order valence-corrected chi connectivity index (χ0v) is 16.1. The maximum atomic E-state index is 11.4. The van der Waals surface area contributed by atoms with Crippen molar-refractivity contribution in [1.29, 1.82) is 0 Å². The molecule has 8 nitrogen and oxygen atoms in total. The third-order valence-corrected chi connectivity index (χ3v) is 3.45. The molecule has 1 saturated heterocycles. The van der Waals surface area contributed by atoms with Gasteiger partial charge in [-0.3, -0.25) is 4.90 Å². The maximum absolute atomic E-state index is 11.4. The lowest BCUT2D eigenvalue weighted by atomic mass is 10.1. The van der Waals surface area contributed by atoms with Crippen LogP contribution >= 0.6 is 0 Å². The highest BCUT2D eigenvalue weighted by atomic mass is 19.4. The van der Waals surface area contributed by atoms with Crippen molar-refractivity contribution in [1.82, 2.24) is 10.2 Å². The summed E-state index contributed by atoms with van der Waals surface area (Å²) in [6.07, 6.45) is -10.2. The van der Waals surface area contributed by atoms with E-state index in [4.69, 9.17) is 24.5 Å². The molecule has 31 heavy (non-hydrogen) atoms. The zero-order valence-electron chi connectivity index (χ0n) is 16.1. The number of carbonyl (C=O) groups excluding carboxylic acids is 1. The van der Waals surface area contributed by atoms with Gasteiger partial charge in [-0.2, -0.15) is 26.3 Å². The van der Waals surface area contributed by atoms with E-state index >= 15 is 0 Å². The fraction of sp³-hybridized carbons (Fsp3) is 0.471. The Morgan fingerprint density at radius 1 is 1.00 bits per heavy atom. The molecule has 176 valence electrons. The first-order valence-corrected chi connectivity index (χ1v) is 8.39. The molecule has 1 aromatic carbocycles. The van der Waals surface area contributed by atoms with Crippen molar-refractivity contribution in [3.8, 4) is 0 Å². The summed E-state index contributed by atoms with van der Waals surface area (Å²) in [5.41, 5.74) is 1.79. The second-order valence-corrected chi connectivity index (χ2v) is 5.82. The number of halogens is 6. The van der Waals surface area contributed by atoms with Crippen molar-refractivity contribution in [2.24, 2.45) is 0 Å². The number of alkyl halides is 6. The number of ether oxygens (including phenoxy) is 1. The molecule has 0 amide bonds. The molecule has 0 spiro atoms. The number of carboxylic acid groups (broad SMARTS) is 2. The Kier molecular flexibility index (Phi) is 11.6. The van der Waals surface area contributed by atoms with Crippen LogP contribution in [0.25, 0.3) is 0 Å². The minimum Gasteiger partial charge on any atom is -0.475 e. The van der Waals surface area contributed by atoms with Gasteiger partial charge in [-0.15, -0.1) is 0 Å². The van der Waals surface area contributed by atoms with Gasteiger partial charge in [-0.05, 0) is 17.7 Å². The number of carbonyl (C=O) groups is 3. The number of piperazine rings is 1. The monoisotopic (exact) mass is 462 g/mol. The van der Waals surface area contributed by atoms with Crippen LogP contribution in [0.15, 0.2) is 24.3 Å². The smallest absolute Gasteiger partial charge is 0.475 e. The van der Waals surface area contributed by atoms with Gasteiger partial charge in [0, 0.05) is 32.7 Å². The number of nitrogens with one attached hydrogen (secondary N) is 1. The van der Waals surface area contributed by atoms with Crippen LogP contribution < -0.4 is 5.32 Å². The van der Waals surface area contributed by atoms with E-state index in [1.165, 1.54) is 7.11 Å². The van der Waals surface area contributed by atoms with Crippen LogP contribution in [0, 0.1) is 0 Å². The summed E-state index contributed by atoms with van der Waals surface area (Å²) >= 11 is 0. The summed E-state index contributed by atoms with van der Waals surface area (Å²) in [5, 5.41) is 17.6. The van der Waals surface area contributed by atoms with Crippen LogP contribution in [0.4, 0.5) is 26.3 Å². The first kappa shape index (κ1) is 28.1. The van der Waals surface area contributed by atoms with E-state index in [1.807, 2.05) is 12.1 Å². The quantitative estimate of drug-likeness (QED) is 0.462. The Bertz CT molecular complexity index is 709. The number of carboxylic acids is 2. The third-order valence-electron chi connectivity index (χ3n) is 3.45. The van der Waals surface area contributed by atoms with Gasteiger partial charge >= 0.3 is 30.3 Å². The van der Waals surface area contributed by atoms with E-state index in [9.17, 15) is 31.1 Å². The van der Waals surface area contributed by atoms with Gasteiger partial charge in [-0.25, -0.2) is 14.4 Å². The van der Waals surface area contributed by atoms with E-state index in [0.717, 1.165) is 38.3 Å². The molecule has 0 aliphatic carbocycles. The molecule has 1 aliphatic heterocycles. The zero-order chi connectivity index (χ0) is 24.2. The minimum absolute atomic E-state index is 0.271. The Morgan fingerprint density at radius 3 is 1.84 bits per heavy atom. The molecule has 0 saturated carbocycles. The van der Waals surface area contributed by atoms with Crippen LogP contribution in [0.1, 0.15) is 15.9 Å². The highest BCUT2D eigenvalue weighted by Gasteiger charge is 2.38. The second-order valence-electron chi connectivity index (χ2n) is 5.82. The highest BCUT2D eigenvalue weighted by molar-refractivity contribution is 5.89. The molecular formula is C17H20F6N2O6. The molecular weight excluding hydrogens is 442 g/mol. The molecule has 0 aromatic heterocycles. The molecule has 3 N–H and O–H groups in total. The first-order valence-electron chi connectivity index (χ1n) is 8.39. The van der Waals surface area contributed by atoms with Crippen LogP contribution in [-0.4, -0.2) is 78.7 Å². The molecule has 14 heteroatoms. The van der Waals surface area contributed by atoms with Gasteiger partial charge < -0.3 is 20.3 Å². The van der Waals surface area contributed by atoms with Crippen molar-refractivity contribution < 1.29 is 55.7 Å². The SMILES string of the molecule is COC(=O)c1cccc(CN2CCNCC2)c1.O=C(O)C(F)(F)F.O=C(O)C(F)(F)F. The summed E-state index contributed by atoms with van der Waals surface area (Å²) in [4.78, 5) is 31.6. The number of hydrogen-bond acceptors (Lipinski definition) is 6. The van der Waals surface area contributed by atoms with Crippen molar-refractivity contribution in [2.75, 3.05) is 33.3 Å². The molecule has 1 aliphatic rings. The van der Waals surface area contributed by atoms with Gasteiger partial charge in [0.25, 0.3) is 0 Å². The topological polar surface area (TPSA) is 116 Å². The fourth-order valence-electron chi connectivity index (χ4n) is 2.04. The van der Waals surface area contributed by atoms with Crippen LogP contribution in [0.2, 0.25) is 0 Å². The maximum Gasteiger partial charge on any atom is 0.490 e. The van der Waals surface area contributed by atoms with Crippen molar-refractivity contribution in [3.05, 3.63) is 35.4 Å². The predicted molar refractivity (Wildman–Crippen MR) is 93.3 cm³/mol. The van der Waals surface area contributed by atoms with Crippen LogP contribution in [-0.2, 0) is 20.9 Å². The van der Waals surface area contributed by atoms with Crippen molar-refractivity contribution in [3.63, 3.8) is 0 Å². The highest BCUT2D eigenvalue weighted by Crippen LogP contribution is 2.14. The van der Waals surface area contributed by atoms with E-state index < -0.39 is 24.3 Å². The Hall–Kier alpha value is -2.87. The van der Waals surface area contributed by atoms with Crippen LogP contribution in [0.5, 0.6) is 0 Å². The number of esters is 1. The number of benzene rings is 1. The summed E-state index contributed by atoms with van der Waals surface area (Å²) < 4.78 is 68.2. The summed E-state index contributed by atoms with van der Waals surface area (Å²) in [7, 11) is 1.41. The van der Waals surface area contributed by atoms with E-state index in [0.29, 0.717) is 5.56 Å². The van der Waals surface area contributed by atoms with E-state index in [1.54, 1.807) is 6.07 Å². The molecule has 0 unspecified atom stereocenters. The van der Waals surface area contributed by atoms with E-state index in [-0.39, 0.29) is 5.97 Å². The number of nitrogens with zero attached hydrogens (tertiary/aromatic N) is 1. The largest absolute Gasteiger partial charge is 0.490 e. The molecule has 0 atom stereocenters. The number of hydrogen-bond donors (Lipinski definition) is 3. The van der Waals surface area contributed by atoms with Gasteiger partial charge in [0.2, 0.25) is 0 Å². The van der Waals surface area contributed by atoms with E-state index in [2.05, 4.69) is 16.3 Å². The summed E-state index contributed by atoms with van der Waals surface area (Å²) in [5.74, 6) is -5.79. The molecule has 1 fully saturated rings. The molecule has 0 radical (unpaired) electrons. The fourth-order valence-corrected chi connectivity index (χ4v) is 2.04. The molecule has 2 rings (SSSR count). The lowest BCUT2D eigenvalue weighted by Gasteiger charge is -2.27. The van der Waals surface area contributed by atoms with Crippen LogP contribution in [0.3, 0.4) is 0 Å². The minimum atomic E-state index is -5.08. The lowest BCUT2D eigenvalue weighted by Crippen LogP contribution is -2.42. The van der Waals surface area contributed by atoms with Gasteiger partial charge in [0.1, 0.15) is 0 Å². The Labute approximate surface area is 172 Å². The average Bonchev–Trinajstić information content (AvgIpc) is 2.68. The molecule has 1 heterocycles. The Morgan fingerprint density at radius 2 is 1.45 bits per heavy atom. The van der Waals surface area contributed by atoms with Crippen molar-refractivity contribution >= 4 is 17.9 Å². The molecule has 1 aromatic rings. The number of aliphatic carboxylic acids is 2. The van der Waals surface area contributed by atoms with Gasteiger partial charge in [-0.1, -0.05) is 12.1 Å². The lowest BCUT2D eigenvalue weighted by molar-refractivity contribution is -0.193. The Balaban J connectivity index is 0.000000536. The number of methoxy groups -OCH3 is 1.